The van der Waals surface area contributed by atoms with Gasteiger partial charge in [0.1, 0.15) is 0 Å². The lowest BCUT2D eigenvalue weighted by atomic mass is 9.86. The summed E-state index contributed by atoms with van der Waals surface area (Å²) in [7, 11) is 2.12. The first kappa shape index (κ1) is 15.1. The Balaban J connectivity index is 1.61. The highest BCUT2D eigenvalue weighted by Gasteiger charge is 2.26. The van der Waals surface area contributed by atoms with Crippen molar-refractivity contribution in [3.63, 3.8) is 0 Å². The molecule has 2 aliphatic rings. The number of hydrogen-bond acceptors (Lipinski definition) is 2. The maximum Gasteiger partial charge on any atom is 0.0576 e. The highest BCUT2D eigenvalue weighted by molar-refractivity contribution is 5.31. The Morgan fingerprint density at radius 3 is 2.86 bits per heavy atom. The number of hydrogen-bond donors (Lipinski definition) is 1. The largest absolute Gasteiger partial charge is 0.378 e. The van der Waals surface area contributed by atoms with Gasteiger partial charge in [0.15, 0.2) is 0 Å². The third-order valence-corrected chi connectivity index (χ3v) is 5.32. The number of benzene rings is 1. The minimum absolute atomic E-state index is 0.535. The van der Waals surface area contributed by atoms with Gasteiger partial charge >= 0.3 is 0 Å². The summed E-state index contributed by atoms with van der Waals surface area (Å²) in [6.45, 7) is 0.987. The van der Waals surface area contributed by atoms with Gasteiger partial charge in [0.25, 0.3) is 0 Å². The molecular formula is C19H29NO. The molecule has 0 spiro atoms. The van der Waals surface area contributed by atoms with Crippen molar-refractivity contribution in [3.8, 4) is 0 Å². The van der Waals surface area contributed by atoms with Crippen LogP contribution in [0.25, 0.3) is 0 Å². The van der Waals surface area contributed by atoms with E-state index in [2.05, 4.69) is 36.6 Å². The summed E-state index contributed by atoms with van der Waals surface area (Å²) in [6.07, 6.45) is 10.9. The molecule has 2 heteroatoms. The quantitative estimate of drug-likeness (QED) is 0.818. The first-order valence-electron chi connectivity index (χ1n) is 8.75. The molecule has 0 radical (unpaired) electrons. The molecule has 0 amide bonds. The van der Waals surface area contributed by atoms with Gasteiger partial charge in [0, 0.05) is 12.6 Å². The van der Waals surface area contributed by atoms with E-state index in [0.29, 0.717) is 12.1 Å². The Morgan fingerprint density at radius 1 is 1.14 bits per heavy atom. The van der Waals surface area contributed by atoms with Gasteiger partial charge in [-0.2, -0.15) is 0 Å². The zero-order chi connectivity index (χ0) is 14.5. The molecule has 1 saturated heterocycles. The first-order chi connectivity index (χ1) is 10.4. The second-order valence-corrected chi connectivity index (χ2v) is 6.68. The van der Waals surface area contributed by atoms with Crippen molar-refractivity contribution < 1.29 is 4.74 Å². The van der Waals surface area contributed by atoms with Crippen LogP contribution in [0.3, 0.4) is 0 Å². The first-order valence-corrected chi connectivity index (χ1v) is 8.75. The van der Waals surface area contributed by atoms with Gasteiger partial charge in [0.2, 0.25) is 0 Å². The number of rotatable bonds is 5. The van der Waals surface area contributed by atoms with E-state index in [-0.39, 0.29) is 0 Å². The molecule has 1 fully saturated rings. The molecule has 21 heavy (non-hydrogen) atoms. The molecule has 3 rings (SSSR count). The summed E-state index contributed by atoms with van der Waals surface area (Å²) in [5, 5.41) is 3.60. The summed E-state index contributed by atoms with van der Waals surface area (Å²) in [6, 6.07) is 9.55. The predicted octanol–water partition coefficient (Wildman–Crippen LogP) is 4.25. The smallest absolute Gasteiger partial charge is 0.0576 e. The lowest BCUT2D eigenvalue weighted by Gasteiger charge is -2.27. The monoisotopic (exact) mass is 287 g/mol. The average molecular weight is 287 g/mol. The van der Waals surface area contributed by atoms with Gasteiger partial charge in [0.05, 0.1) is 6.10 Å². The van der Waals surface area contributed by atoms with Crippen LogP contribution in [-0.4, -0.2) is 19.8 Å². The third kappa shape index (κ3) is 3.67. The molecule has 3 unspecified atom stereocenters. The Kier molecular flexibility index (Phi) is 5.32. The van der Waals surface area contributed by atoms with Crippen molar-refractivity contribution in [3.05, 3.63) is 35.4 Å². The van der Waals surface area contributed by atoms with Gasteiger partial charge < -0.3 is 10.1 Å². The minimum Gasteiger partial charge on any atom is -0.378 e. The molecule has 1 aromatic carbocycles. The molecule has 1 aliphatic carbocycles. The van der Waals surface area contributed by atoms with Crippen molar-refractivity contribution in [2.75, 3.05) is 13.7 Å². The van der Waals surface area contributed by atoms with E-state index in [0.717, 1.165) is 12.5 Å². The van der Waals surface area contributed by atoms with Gasteiger partial charge in [-0.15, -0.1) is 0 Å². The highest BCUT2D eigenvalue weighted by atomic mass is 16.5. The van der Waals surface area contributed by atoms with Crippen LogP contribution in [0, 0.1) is 5.92 Å². The Morgan fingerprint density at radius 2 is 2.05 bits per heavy atom. The molecule has 2 nitrogen and oxygen atoms in total. The van der Waals surface area contributed by atoms with E-state index in [9.17, 15) is 0 Å². The van der Waals surface area contributed by atoms with E-state index in [1.807, 2.05) is 0 Å². The third-order valence-electron chi connectivity index (χ3n) is 5.32. The summed E-state index contributed by atoms with van der Waals surface area (Å²) in [5.41, 5.74) is 3.10. The van der Waals surface area contributed by atoms with E-state index < -0.39 is 0 Å². The maximum absolute atomic E-state index is 5.76. The van der Waals surface area contributed by atoms with Crippen molar-refractivity contribution in [2.45, 2.75) is 63.5 Å². The van der Waals surface area contributed by atoms with E-state index in [4.69, 9.17) is 4.74 Å². The fourth-order valence-corrected chi connectivity index (χ4v) is 4.22. The van der Waals surface area contributed by atoms with Crippen LogP contribution < -0.4 is 5.32 Å². The second-order valence-electron chi connectivity index (χ2n) is 6.68. The van der Waals surface area contributed by atoms with Crippen molar-refractivity contribution in [1.82, 2.24) is 5.32 Å². The van der Waals surface area contributed by atoms with Crippen LogP contribution in [-0.2, 0) is 11.2 Å². The molecule has 3 atom stereocenters. The van der Waals surface area contributed by atoms with Gasteiger partial charge in [-0.3, -0.25) is 0 Å². The highest BCUT2D eigenvalue weighted by Crippen LogP contribution is 2.36. The van der Waals surface area contributed by atoms with Gasteiger partial charge in [-0.05, 0) is 69.0 Å². The molecule has 1 heterocycles. The molecule has 0 saturated carbocycles. The molecule has 1 N–H and O–H groups in total. The van der Waals surface area contributed by atoms with Gasteiger partial charge in [-0.25, -0.2) is 0 Å². The average Bonchev–Trinajstić information content (AvgIpc) is 2.95. The standard InChI is InChI=1S/C19H29NO/c1-20-19-16(10-5-11-17-12-6-14-21-17)9-4-8-15-7-2-3-13-18(15)19/h2-3,7,13,16-17,19-20H,4-6,8-12,14H2,1H3. The zero-order valence-corrected chi connectivity index (χ0v) is 13.3. The molecule has 1 aromatic rings. The van der Waals surface area contributed by atoms with Crippen molar-refractivity contribution in [1.29, 1.82) is 0 Å². The van der Waals surface area contributed by atoms with Crippen LogP contribution in [0.4, 0.5) is 0 Å². The van der Waals surface area contributed by atoms with Crippen molar-refractivity contribution in [2.24, 2.45) is 5.92 Å². The van der Waals surface area contributed by atoms with Crippen LogP contribution in [0.1, 0.15) is 62.1 Å². The lowest BCUT2D eigenvalue weighted by molar-refractivity contribution is 0.0998. The zero-order valence-electron chi connectivity index (χ0n) is 13.3. The molecule has 1 aliphatic heterocycles. The molecule has 116 valence electrons. The van der Waals surface area contributed by atoms with E-state index >= 15 is 0 Å². The Labute approximate surface area is 129 Å². The molecule has 0 aromatic heterocycles. The fourth-order valence-electron chi connectivity index (χ4n) is 4.22. The SMILES string of the molecule is CNC1c2ccccc2CCCC1CCCC1CCCO1. The fraction of sp³-hybridized carbons (Fsp3) is 0.684. The van der Waals surface area contributed by atoms with Crippen LogP contribution in [0.15, 0.2) is 24.3 Å². The van der Waals surface area contributed by atoms with Crippen LogP contribution in [0.5, 0.6) is 0 Å². The Bertz CT molecular complexity index is 439. The summed E-state index contributed by atoms with van der Waals surface area (Å²) in [5.74, 6) is 0.778. The predicted molar refractivity (Wildman–Crippen MR) is 87.5 cm³/mol. The molecule has 0 bridgehead atoms. The van der Waals surface area contributed by atoms with Crippen LogP contribution >= 0.6 is 0 Å². The van der Waals surface area contributed by atoms with Crippen LogP contribution in [0.2, 0.25) is 0 Å². The number of fused-ring (bicyclic) bond motifs is 1. The van der Waals surface area contributed by atoms with Crippen molar-refractivity contribution >= 4 is 0 Å². The summed E-state index contributed by atoms with van der Waals surface area (Å²) < 4.78 is 5.76. The minimum atomic E-state index is 0.535. The topological polar surface area (TPSA) is 21.3 Å². The lowest BCUT2D eigenvalue weighted by Crippen LogP contribution is -2.25. The van der Waals surface area contributed by atoms with Gasteiger partial charge in [-0.1, -0.05) is 30.7 Å². The number of nitrogens with one attached hydrogen (secondary N) is 1. The van der Waals surface area contributed by atoms with E-state index in [1.54, 1.807) is 11.1 Å². The number of ether oxygens (including phenoxy) is 1. The Hall–Kier alpha value is -0.860. The molecular weight excluding hydrogens is 258 g/mol. The summed E-state index contributed by atoms with van der Waals surface area (Å²) >= 11 is 0. The second kappa shape index (κ2) is 7.42. The number of aryl methyl sites for hydroxylation is 1. The normalized spacial score (nSPS) is 29.1. The maximum atomic E-state index is 5.76. The van der Waals surface area contributed by atoms with E-state index in [1.165, 1.54) is 51.4 Å². The summed E-state index contributed by atoms with van der Waals surface area (Å²) in [4.78, 5) is 0.